The zero-order valence-electron chi connectivity index (χ0n) is 11.6. The van der Waals surface area contributed by atoms with Crippen LogP contribution >= 0.6 is 15.9 Å². The highest BCUT2D eigenvalue weighted by molar-refractivity contribution is 9.10. The molecule has 104 valence electrons. The fraction of sp³-hybridized carbons (Fsp3) is 0.294. The molecule has 2 nitrogen and oxygen atoms in total. The molecule has 3 heteroatoms. The summed E-state index contributed by atoms with van der Waals surface area (Å²) in [5, 5.41) is 3.51. The van der Waals surface area contributed by atoms with Gasteiger partial charge in [-0.05, 0) is 30.2 Å². The molecule has 0 aromatic heterocycles. The number of nitrogens with one attached hydrogen (secondary N) is 1. The maximum absolute atomic E-state index is 3.60. The number of benzene rings is 2. The second-order valence-electron chi connectivity index (χ2n) is 5.25. The van der Waals surface area contributed by atoms with Crippen LogP contribution in [0, 0.1) is 6.92 Å². The van der Waals surface area contributed by atoms with Crippen LogP contribution in [-0.2, 0) is 0 Å². The van der Waals surface area contributed by atoms with E-state index < -0.39 is 0 Å². The maximum atomic E-state index is 3.60. The van der Waals surface area contributed by atoms with Gasteiger partial charge in [-0.25, -0.2) is 0 Å². The Morgan fingerprint density at radius 1 is 1.15 bits per heavy atom. The normalized spacial score (nSPS) is 19.1. The van der Waals surface area contributed by atoms with Crippen LogP contribution in [0.15, 0.2) is 53.0 Å². The quantitative estimate of drug-likeness (QED) is 0.898. The zero-order valence-corrected chi connectivity index (χ0v) is 13.2. The molecule has 1 atom stereocenters. The van der Waals surface area contributed by atoms with Crippen LogP contribution < -0.4 is 10.2 Å². The molecular weight excluding hydrogens is 312 g/mol. The van der Waals surface area contributed by atoms with Crippen LogP contribution in [0.3, 0.4) is 0 Å². The molecule has 1 aliphatic rings. The number of hydrogen-bond donors (Lipinski definition) is 1. The lowest BCUT2D eigenvalue weighted by molar-refractivity contribution is 0.489. The highest BCUT2D eigenvalue weighted by Gasteiger charge is 2.24. The third-order valence-electron chi connectivity index (χ3n) is 3.91. The molecular formula is C17H19BrN2. The molecule has 2 aromatic rings. The number of nitrogens with zero attached hydrogens (tertiary/aromatic N) is 1. The summed E-state index contributed by atoms with van der Waals surface area (Å²) in [6, 6.07) is 17.7. The largest absolute Gasteiger partial charge is 0.362 e. The number of piperazine rings is 1. The molecule has 0 saturated carbocycles. The number of halogens is 1. The summed E-state index contributed by atoms with van der Waals surface area (Å²) in [6.45, 7) is 5.26. The van der Waals surface area contributed by atoms with E-state index in [2.05, 4.69) is 81.6 Å². The van der Waals surface area contributed by atoms with Crippen LogP contribution in [0.5, 0.6) is 0 Å². The van der Waals surface area contributed by atoms with E-state index >= 15 is 0 Å². The lowest BCUT2D eigenvalue weighted by Crippen LogP contribution is -2.46. The molecule has 1 unspecified atom stereocenters. The van der Waals surface area contributed by atoms with Crippen molar-refractivity contribution in [2.45, 2.75) is 13.0 Å². The van der Waals surface area contributed by atoms with E-state index in [1.165, 1.54) is 16.8 Å². The summed E-state index contributed by atoms with van der Waals surface area (Å²) < 4.78 is 1.14. The minimum Gasteiger partial charge on any atom is -0.362 e. The summed E-state index contributed by atoms with van der Waals surface area (Å²) in [4.78, 5) is 2.52. The van der Waals surface area contributed by atoms with Gasteiger partial charge in [-0.2, -0.15) is 0 Å². The van der Waals surface area contributed by atoms with Gasteiger partial charge in [0.15, 0.2) is 0 Å². The van der Waals surface area contributed by atoms with Crippen LogP contribution in [0.25, 0.3) is 0 Å². The van der Waals surface area contributed by atoms with Gasteiger partial charge in [-0.15, -0.1) is 0 Å². The second-order valence-corrected chi connectivity index (χ2v) is 6.17. The summed E-state index contributed by atoms with van der Waals surface area (Å²) in [5.74, 6) is 0. The van der Waals surface area contributed by atoms with Gasteiger partial charge in [0, 0.05) is 29.8 Å². The van der Waals surface area contributed by atoms with Crippen molar-refractivity contribution in [1.82, 2.24) is 5.32 Å². The van der Waals surface area contributed by atoms with Gasteiger partial charge in [0.1, 0.15) is 0 Å². The maximum Gasteiger partial charge on any atom is 0.0667 e. The Bertz CT molecular complexity index is 583. The SMILES string of the molecule is Cc1ccc(Br)cc1N1CCNCC1c1ccccc1. The van der Waals surface area contributed by atoms with Crippen LogP contribution in [0.2, 0.25) is 0 Å². The van der Waals surface area contributed by atoms with Gasteiger partial charge in [-0.1, -0.05) is 52.3 Å². The van der Waals surface area contributed by atoms with Crippen molar-refractivity contribution >= 4 is 21.6 Å². The van der Waals surface area contributed by atoms with E-state index in [9.17, 15) is 0 Å². The zero-order chi connectivity index (χ0) is 13.9. The topological polar surface area (TPSA) is 15.3 Å². The predicted octanol–water partition coefficient (Wildman–Crippen LogP) is 3.91. The van der Waals surface area contributed by atoms with Gasteiger partial charge < -0.3 is 10.2 Å². The first kappa shape index (κ1) is 13.7. The summed E-state index contributed by atoms with van der Waals surface area (Å²) in [7, 11) is 0. The summed E-state index contributed by atoms with van der Waals surface area (Å²) in [6.07, 6.45) is 0. The fourth-order valence-corrected chi connectivity index (χ4v) is 3.21. The van der Waals surface area contributed by atoms with Gasteiger partial charge in [0.2, 0.25) is 0 Å². The van der Waals surface area contributed by atoms with E-state index in [4.69, 9.17) is 0 Å². The molecule has 1 heterocycles. The van der Waals surface area contributed by atoms with Crippen LogP contribution in [0.4, 0.5) is 5.69 Å². The Labute approximate surface area is 128 Å². The van der Waals surface area contributed by atoms with Crippen molar-refractivity contribution in [3.63, 3.8) is 0 Å². The molecule has 0 amide bonds. The molecule has 1 saturated heterocycles. The molecule has 0 aliphatic carbocycles. The second kappa shape index (κ2) is 5.98. The Kier molecular flexibility index (Phi) is 4.08. The number of aryl methyl sites for hydroxylation is 1. The van der Waals surface area contributed by atoms with Crippen LogP contribution in [-0.4, -0.2) is 19.6 Å². The smallest absolute Gasteiger partial charge is 0.0667 e. The summed E-state index contributed by atoms with van der Waals surface area (Å²) >= 11 is 3.60. The van der Waals surface area contributed by atoms with E-state index in [1.54, 1.807) is 0 Å². The Morgan fingerprint density at radius 2 is 1.95 bits per heavy atom. The standard InChI is InChI=1S/C17H19BrN2/c1-13-7-8-15(18)11-16(13)20-10-9-19-12-17(20)14-5-3-2-4-6-14/h2-8,11,17,19H,9-10,12H2,1H3. The molecule has 0 radical (unpaired) electrons. The Balaban J connectivity index is 1.99. The van der Waals surface area contributed by atoms with E-state index in [0.717, 1.165) is 24.1 Å². The van der Waals surface area contributed by atoms with Crippen molar-refractivity contribution in [1.29, 1.82) is 0 Å². The van der Waals surface area contributed by atoms with E-state index in [-0.39, 0.29) is 0 Å². The molecule has 1 aliphatic heterocycles. The summed E-state index contributed by atoms with van der Waals surface area (Å²) in [5.41, 5.74) is 4.03. The molecule has 3 rings (SSSR count). The minimum absolute atomic E-state index is 0.401. The van der Waals surface area contributed by atoms with Gasteiger partial charge in [0.05, 0.1) is 6.04 Å². The molecule has 20 heavy (non-hydrogen) atoms. The Morgan fingerprint density at radius 3 is 2.75 bits per heavy atom. The van der Waals surface area contributed by atoms with Gasteiger partial charge in [0.25, 0.3) is 0 Å². The predicted molar refractivity (Wildman–Crippen MR) is 88.3 cm³/mol. The lowest BCUT2D eigenvalue weighted by atomic mass is 10.0. The first-order chi connectivity index (χ1) is 9.75. The molecule has 0 bridgehead atoms. The average Bonchev–Trinajstić information content (AvgIpc) is 2.51. The van der Waals surface area contributed by atoms with Crippen molar-refractivity contribution in [3.8, 4) is 0 Å². The third kappa shape index (κ3) is 2.74. The minimum atomic E-state index is 0.401. The lowest BCUT2D eigenvalue weighted by Gasteiger charge is -2.39. The van der Waals surface area contributed by atoms with E-state index in [0.29, 0.717) is 6.04 Å². The molecule has 1 N–H and O–H groups in total. The first-order valence-corrected chi connectivity index (χ1v) is 7.83. The Hall–Kier alpha value is -1.32. The number of hydrogen-bond acceptors (Lipinski definition) is 2. The molecule has 1 fully saturated rings. The van der Waals surface area contributed by atoms with E-state index in [1.807, 2.05) is 0 Å². The van der Waals surface area contributed by atoms with Gasteiger partial charge in [-0.3, -0.25) is 0 Å². The number of anilines is 1. The molecule has 0 spiro atoms. The number of rotatable bonds is 2. The highest BCUT2D eigenvalue weighted by atomic mass is 79.9. The fourth-order valence-electron chi connectivity index (χ4n) is 2.86. The average molecular weight is 331 g/mol. The van der Waals surface area contributed by atoms with Gasteiger partial charge >= 0.3 is 0 Å². The van der Waals surface area contributed by atoms with Crippen molar-refractivity contribution in [2.24, 2.45) is 0 Å². The highest BCUT2D eigenvalue weighted by Crippen LogP contribution is 2.32. The van der Waals surface area contributed by atoms with Crippen molar-refractivity contribution in [2.75, 3.05) is 24.5 Å². The van der Waals surface area contributed by atoms with Crippen LogP contribution in [0.1, 0.15) is 17.2 Å². The third-order valence-corrected chi connectivity index (χ3v) is 4.40. The van der Waals surface area contributed by atoms with Crippen molar-refractivity contribution < 1.29 is 0 Å². The first-order valence-electron chi connectivity index (χ1n) is 7.04. The van der Waals surface area contributed by atoms with Crippen molar-refractivity contribution in [3.05, 3.63) is 64.1 Å². The molecule has 2 aromatic carbocycles. The monoisotopic (exact) mass is 330 g/mol.